The van der Waals surface area contributed by atoms with E-state index in [9.17, 15) is 9.18 Å². The molecule has 1 fully saturated rings. The molecule has 1 amide bonds. The molecule has 2 aromatic carbocycles. The Morgan fingerprint density at radius 1 is 1.00 bits per heavy atom. The zero-order valence-corrected chi connectivity index (χ0v) is 17.1. The Kier molecular flexibility index (Phi) is 6.35. The van der Waals surface area contributed by atoms with Crippen molar-refractivity contribution < 1.29 is 18.3 Å². The minimum Gasteiger partial charge on any atom is -0.486 e. The summed E-state index contributed by atoms with van der Waals surface area (Å²) in [6.45, 7) is 3.76. The number of rotatable bonds is 6. The highest BCUT2D eigenvalue weighted by atomic mass is 35.5. The van der Waals surface area contributed by atoms with Crippen molar-refractivity contribution in [3.05, 3.63) is 88.6 Å². The van der Waals surface area contributed by atoms with Gasteiger partial charge in [0.05, 0.1) is 0 Å². The number of piperazine rings is 1. The second kappa shape index (κ2) is 9.32. The molecule has 1 aliphatic rings. The Hall–Kier alpha value is -2.83. The normalized spacial score (nSPS) is 14.7. The number of carbonyl (C=O) groups excluding carboxylic acids is 1. The summed E-state index contributed by atoms with van der Waals surface area (Å²) in [6, 6.07) is 17.0. The van der Waals surface area contributed by atoms with Crippen LogP contribution < -0.4 is 4.74 Å². The smallest absolute Gasteiger partial charge is 0.289 e. The highest BCUT2D eigenvalue weighted by Crippen LogP contribution is 2.19. The number of furan rings is 1. The van der Waals surface area contributed by atoms with Crippen LogP contribution in [-0.4, -0.2) is 41.9 Å². The summed E-state index contributed by atoms with van der Waals surface area (Å²) in [5, 5.41) is 0.766. The lowest BCUT2D eigenvalue weighted by atomic mass is 10.2. The van der Waals surface area contributed by atoms with Gasteiger partial charge in [-0.25, -0.2) is 4.39 Å². The third-order valence-corrected chi connectivity index (χ3v) is 5.45. The van der Waals surface area contributed by atoms with Crippen LogP contribution >= 0.6 is 11.6 Å². The topological polar surface area (TPSA) is 45.9 Å². The average Bonchev–Trinajstić information content (AvgIpc) is 3.24. The first-order chi connectivity index (χ1) is 14.6. The van der Waals surface area contributed by atoms with Gasteiger partial charge < -0.3 is 14.1 Å². The monoisotopic (exact) mass is 428 g/mol. The first-order valence-electron chi connectivity index (χ1n) is 9.80. The Labute approximate surface area is 179 Å². The van der Waals surface area contributed by atoms with Crippen molar-refractivity contribution in [3.63, 3.8) is 0 Å². The van der Waals surface area contributed by atoms with E-state index in [2.05, 4.69) is 4.90 Å². The summed E-state index contributed by atoms with van der Waals surface area (Å²) >= 11 is 6.25. The zero-order valence-electron chi connectivity index (χ0n) is 16.4. The minimum atomic E-state index is -0.319. The average molecular weight is 429 g/mol. The van der Waals surface area contributed by atoms with Gasteiger partial charge in [0.2, 0.25) is 0 Å². The van der Waals surface area contributed by atoms with Crippen LogP contribution in [0.4, 0.5) is 4.39 Å². The predicted octanol–water partition coefficient (Wildman–Crippen LogP) is 4.61. The van der Waals surface area contributed by atoms with Crippen LogP contribution in [0.2, 0.25) is 5.02 Å². The molecule has 0 N–H and O–H groups in total. The van der Waals surface area contributed by atoms with Crippen LogP contribution in [0.25, 0.3) is 0 Å². The number of benzene rings is 2. The van der Waals surface area contributed by atoms with Crippen molar-refractivity contribution in [2.75, 3.05) is 26.2 Å². The fraction of sp³-hybridized carbons (Fsp3) is 0.261. The van der Waals surface area contributed by atoms with E-state index in [1.807, 2.05) is 24.3 Å². The second-order valence-corrected chi connectivity index (χ2v) is 7.58. The Morgan fingerprint density at radius 2 is 1.73 bits per heavy atom. The van der Waals surface area contributed by atoms with E-state index in [-0.39, 0.29) is 18.3 Å². The lowest BCUT2D eigenvalue weighted by Crippen LogP contribution is -2.48. The van der Waals surface area contributed by atoms with E-state index in [0.717, 1.165) is 30.2 Å². The molecule has 156 valence electrons. The summed E-state index contributed by atoms with van der Waals surface area (Å²) in [7, 11) is 0. The fourth-order valence-corrected chi connectivity index (χ4v) is 3.58. The van der Waals surface area contributed by atoms with E-state index in [0.29, 0.717) is 30.4 Å². The van der Waals surface area contributed by atoms with Gasteiger partial charge >= 0.3 is 0 Å². The van der Waals surface area contributed by atoms with Crippen LogP contribution in [0.1, 0.15) is 21.9 Å². The van der Waals surface area contributed by atoms with Gasteiger partial charge in [-0.15, -0.1) is 0 Å². The first kappa shape index (κ1) is 20.4. The van der Waals surface area contributed by atoms with Crippen LogP contribution in [0.5, 0.6) is 5.75 Å². The van der Waals surface area contributed by atoms with Gasteiger partial charge in [-0.2, -0.15) is 0 Å². The molecule has 2 heterocycles. The third kappa shape index (κ3) is 5.01. The molecule has 0 unspecified atom stereocenters. The summed E-state index contributed by atoms with van der Waals surface area (Å²) in [5.41, 5.74) is 1.09. The van der Waals surface area contributed by atoms with Gasteiger partial charge in [-0.3, -0.25) is 9.69 Å². The number of hydrogen-bond acceptors (Lipinski definition) is 4. The fourth-order valence-electron chi connectivity index (χ4n) is 3.39. The van der Waals surface area contributed by atoms with E-state index in [4.69, 9.17) is 20.8 Å². The van der Waals surface area contributed by atoms with Crippen molar-refractivity contribution >= 4 is 17.5 Å². The molecule has 1 aliphatic heterocycles. The van der Waals surface area contributed by atoms with E-state index in [1.165, 1.54) is 12.1 Å². The molecule has 0 aliphatic carbocycles. The number of ether oxygens (including phenoxy) is 1. The summed E-state index contributed by atoms with van der Waals surface area (Å²) in [4.78, 5) is 16.8. The molecule has 1 saturated heterocycles. The molecule has 0 bridgehead atoms. The molecular weight excluding hydrogens is 407 g/mol. The van der Waals surface area contributed by atoms with Gasteiger partial charge in [0.15, 0.2) is 5.76 Å². The van der Waals surface area contributed by atoms with Crippen LogP contribution in [-0.2, 0) is 13.2 Å². The van der Waals surface area contributed by atoms with E-state index < -0.39 is 0 Å². The maximum atomic E-state index is 12.9. The number of hydrogen-bond donors (Lipinski definition) is 0. The van der Waals surface area contributed by atoms with Crippen molar-refractivity contribution in [2.24, 2.45) is 0 Å². The van der Waals surface area contributed by atoms with Crippen molar-refractivity contribution in [1.29, 1.82) is 0 Å². The Morgan fingerprint density at radius 3 is 2.47 bits per heavy atom. The largest absolute Gasteiger partial charge is 0.486 e. The summed E-state index contributed by atoms with van der Waals surface area (Å²) in [5.74, 6) is 0.934. The molecule has 3 aromatic rings. The Bertz CT molecular complexity index is 998. The zero-order chi connectivity index (χ0) is 20.9. The van der Waals surface area contributed by atoms with Gasteiger partial charge in [0.1, 0.15) is 23.9 Å². The predicted molar refractivity (Wildman–Crippen MR) is 112 cm³/mol. The molecule has 7 heteroatoms. The first-order valence-corrected chi connectivity index (χ1v) is 10.2. The molecular formula is C23H22ClFN2O3. The van der Waals surface area contributed by atoms with E-state index in [1.54, 1.807) is 29.2 Å². The quantitative estimate of drug-likeness (QED) is 0.575. The lowest BCUT2D eigenvalue weighted by molar-refractivity contribution is 0.0594. The van der Waals surface area contributed by atoms with E-state index >= 15 is 0 Å². The highest BCUT2D eigenvalue weighted by molar-refractivity contribution is 6.31. The SMILES string of the molecule is O=C(c1ccc(COc2ccc(F)cc2)o1)N1CCN(Cc2ccccc2Cl)CC1. The summed E-state index contributed by atoms with van der Waals surface area (Å²) in [6.07, 6.45) is 0. The van der Waals surface area contributed by atoms with Crippen molar-refractivity contribution in [2.45, 2.75) is 13.2 Å². The van der Waals surface area contributed by atoms with Crippen LogP contribution in [0, 0.1) is 5.82 Å². The minimum absolute atomic E-state index is 0.125. The standard InChI is InChI=1S/C23H22ClFN2O3/c24-21-4-2-1-3-17(21)15-26-11-13-27(14-12-26)23(28)22-10-9-20(30-22)16-29-19-7-5-18(25)6-8-19/h1-10H,11-16H2. The molecule has 4 rings (SSSR count). The third-order valence-electron chi connectivity index (χ3n) is 5.08. The van der Waals surface area contributed by atoms with Crippen LogP contribution in [0.3, 0.4) is 0 Å². The molecule has 0 atom stereocenters. The highest BCUT2D eigenvalue weighted by Gasteiger charge is 2.24. The lowest BCUT2D eigenvalue weighted by Gasteiger charge is -2.34. The molecule has 0 spiro atoms. The molecule has 5 nitrogen and oxygen atoms in total. The maximum absolute atomic E-state index is 12.9. The van der Waals surface area contributed by atoms with Crippen LogP contribution in [0.15, 0.2) is 65.1 Å². The molecule has 1 aromatic heterocycles. The van der Waals surface area contributed by atoms with Crippen molar-refractivity contribution in [1.82, 2.24) is 9.80 Å². The van der Waals surface area contributed by atoms with Gasteiger partial charge in [-0.1, -0.05) is 29.8 Å². The van der Waals surface area contributed by atoms with Gasteiger partial charge in [0, 0.05) is 37.7 Å². The molecule has 30 heavy (non-hydrogen) atoms. The van der Waals surface area contributed by atoms with Gasteiger partial charge in [0.25, 0.3) is 5.91 Å². The maximum Gasteiger partial charge on any atom is 0.289 e. The molecule has 0 saturated carbocycles. The van der Waals surface area contributed by atoms with Gasteiger partial charge in [-0.05, 0) is 48.0 Å². The number of nitrogens with zero attached hydrogens (tertiary/aromatic N) is 2. The van der Waals surface area contributed by atoms with Crippen molar-refractivity contribution in [3.8, 4) is 5.75 Å². The Balaban J connectivity index is 1.28. The summed E-state index contributed by atoms with van der Waals surface area (Å²) < 4.78 is 24.2. The number of carbonyl (C=O) groups is 1. The number of halogens is 2. The number of amides is 1. The second-order valence-electron chi connectivity index (χ2n) is 7.17. The molecule has 0 radical (unpaired) electrons.